The molecule has 4 heterocycles. The lowest BCUT2D eigenvalue weighted by atomic mass is 10.3. The zero-order valence-electron chi connectivity index (χ0n) is 21.1. The number of rotatable bonds is 11. The van der Waals surface area contributed by atoms with Crippen LogP contribution in [0.5, 0.6) is 0 Å². The van der Waals surface area contributed by atoms with Crippen molar-refractivity contribution in [2.45, 2.75) is 29.2 Å². The summed E-state index contributed by atoms with van der Waals surface area (Å²) in [7, 11) is 1.60. The zero-order chi connectivity index (χ0) is 26.5. The topological polar surface area (TPSA) is 142 Å². The van der Waals surface area contributed by atoms with E-state index >= 15 is 0 Å². The zero-order valence-corrected chi connectivity index (χ0v) is 21.9. The van der Waals surface area contributed by atoms with Gasteiger partial charge < -0.3 is 25.2 Å². The Balaban J connectivity index is 1.17. The van der Waals surface area contributed by atoms with E-state index in [-0.39, 0.29) is 18.6 Å². The number of β-amino-alcohol motifs (C(OH)–C–C–N with tert-alkyl or cyclic N) is 1. The first-order valence-electron chi connectivity index (χ1n) is 12.2. The van der Waals surface area contributed by atoms with E-state index in [1.807, 2.05) is 60.5 Å². The maximum absolute atomic E-state index is 12.6. The normalized spacial score (nSPS) is 17.8. The van der Waals surface area contributed by atoms with Crippen LogP contribution in [0, 0.1) is 6.92 Å². The highest BCUT2D eigenvalue weighted by Gasteiger charge is 2.32. The molecular formula is C25H30N8O4S. The number of aryl methyl sites for hydroxylation is 1. The number of nitrogens with one attached hydrogen (secondary N) is 3. The number of aromatic nitrogens is 5. The summed E-state index contributed by atoms with van der Waals surface area (Å²) in [6, 6.07) is 13.3. The summed E-state index contributed by atoms with van der Waals surface area (Å²) in [5.41, 5.74) is 2.47. The smallest absolute Gasteiger partial charge is 0.238 e. The number of H-pyrrole nitrogens is 1. The molecule has 13 heteroatoms. The lowest BCUT2D eigenvalue weighted by Gasteiger charge is -2.16. The Kier molecular flexibility index (Phi) is 8.20. The average Bonchev–Trinajstić information content (AvgIpc) is 3.61. The highest BCUT2D eigenvalue weighted by molar-refractivity contribution is 7.99. The summed E-state index contributed by atoms with van der Waals surface area (Å²) in [4.78, 5) is 20.1. The molecule has 2 atom stereocenters. The molecule has 0 saturated carbocycles. The molecule has 200 valence electrons. The summed E-state index contributed by atoms with van der Waals surface area (Å²) in [6.07, 6.45) is 0.929. The maximum Gasteiger partial charge on any atom is 0.238 e. The number of carbonyl (C=O) groups is 1. The lowest BCUT2D eigenvalue weighted by molar-refractivity contribution is -0.117. The number of hydrogen-bond acceptors (Lipinski definition) is 10. The van der Waals surface area contributed by atoms with Gasteiger partial charge in [-0.05, 0) is 55.1 Å². The Morgan fingerprint density at radius 3 is 2.84 bits per heavy atom. The number of nitrogens with zero attached hydrogens (tertiary/aromatic N) is 5. The average molecular weight is 539 g/mol. The van der Waals surface area contributed by atoms with Crippen molar-refractivity contribution in [2.75, 3.05) is 50.6 Å². The molecule has 5 rings (SSSR count). The number of aromatic amines is 1. The van der Waals surface area contributed by atoms with Crippen molar-refractivity contribution < 1.29 is 19.4 Å². The van der Waals surface area contributed by atoms with Crippen molar-refractivity contribution in [2.24, 2.45) is 0 Å². The first kappa shape index (κ1) is 26.1. The van der Waals surface area contributed by atoms with Gasteiger partial charge in [-0.2, -0.15) is 5.10 Å². The predicted octanol–water partition coefficient (Wildman–Crippen LogP) is 2.30. The number of anilines is 3. The Morgan fingerprint density at radius 1 is 1.24 bits per heavy atom. The van der Waals surface area contributed by atoms with Crippen LogP contribution in [0.3, 0.4) is 0 Å². The second-order valence-electron chi connectivity index (χ2n) is 8.98. The van der Waals surface area contributed by atoms with Gasteiger partial charge in [-0.1, -0.05) is 0 Å². The molecular weight excluding hydrogens is 508 g/mol. The van der Waals surface area contributed by atoms with Crippen LogP contribution in [0.4, 0.5) is 17.3 Å². The van der Waals surface area contributed by atoms with E-state index in [1.54, 1.807) is 11.6 Å². The number of likely N-dealkylation sites (tertiary alicyclic amines) is 1. The second-order valence-corrected chi connectivity index (χ2v) is 10.0. The van der Waals surface area contributed by atoms with Crippen molar-refractivity contribution in [1.82, 2.24) is 29.7 Å². The first-order valence-corrected chi connectivity index (χ1v) is 13.0. The molecule has 1 amide bonds. The summed E-state index contributed by atoms with van der Waals surface area (Å²) in [5.74, 6) is 1.18. The van der Waals surface area contributed by atoms with E-state index in [0.29, 0.717) is 48.8 Å². The molecule has 1 aliphatic rings. The van der Waals surface area contributed by atoms with Crippen LogP contribution in [0.1, 0.15) is 5.69 Å². The third-order valence-corrected chi connectivity index (χ3v) is 6.83. The standard InChI is InChI=1S/C25H30N8O4S/c1-16-12-22(30-29-16)27-24-19-4-3-9-33(19)31-25(28-24)38-18-7-5-17(6-8-18)26-23(35)15-32-13-20(34)21(14-32)37-11-10-36-2/h3-9,12,20-21,34H,10-11,13-15H2,1-2H3,(H,26,35)(H2,27,28,29,30,31). The molecule has 1 aliphatic heterocycles. The van der Waals surface area contributed by atoms with Crippen molar-refractivity contribution in [3.05, 3.63) is 54.4 Å². The Labute approximate surface area is 223 Å². The number of carbonyl (C=O) groups excluding carboxylic acids is 1. The molecule has 0 spiro atoms. The van der Waals surface area contributed by atoms with Gasteiger partial charge in [-0.3, -0.25) is 14.8 Å². The fourth-order valence-corrected chi connectivity index (χ4v) is 4.93. The number of aliphatic hydroxyl groups excluding tert-OH is 1. The molecule has 12 nitrogen and oxygen atoms in total. The van der Waals surface area contributed by atoms with Crippen LogP contribution >= 0.6 is 11.8 Å². The van der Waals surface area contributed by atoms with E-state index in [2.05, 4.69) is 30.9 Å². The van der Waals surface area contributed by atoms with E-state index in [9.17, 15) is 9.90 Å². The maximum atomic E-state index is 12.6. The van der Waals surface area contributed by atoms with Crippen LogP contribution in [-0.4, -0.2) is 92.9 Å². The van der Waals surface area contributed by atoms with E-state index in [4.69, 9.17) is 9.47 Å². The fraction of sp³-hybridized carbons (Fsp3) is 0.360. The third-order valence-electron chi connectivity index (χ3n) is 5.97. The van der Waals surface area contributed by atoms with Crippen LogP contribution in [0.2, 0.25) is 0 Å². The minimum absolute atomic E-state index is 0.152. The molecule has 0 radical (unpaired) electrons. The molecule has 0 aliphatic carbocycles. The Bertz CT molecular complexity index is 1380. The number of hydrogen-bond donors (Lipinski definition) is 4. The summed E-state index contributed by atoms with van der Waals surface area (Å²) in [5, 5.41) is 28.7. The van der Waals surface area contributed by atoms with E-state index in [0.717, 1.165) is 16.1 Å². The van der Waals surface area contributed by atoms with Gasteiger partial charge in [0.25, 0.3) is 0 Å². The molecule has 38 heavy (non-hydrogen) atoms. The molecule has 1 fully saturated rings. The fourth-order valence-electron chi connectivity index (χ4n) is 4.18. The van der Waals surface area contributed by atoms with Crippen LogP contribution < -0.4 is 10.6 Å². The second kappa shape index (κ2) is 11.9. The molecule has 0 bridgehead atoms. The minimum Gasteiger partial charge on any atom is -0.389 e. The monoisotopic (exact) mass is 538 g/mol. The summed E-state index contributed by atoms with van der Waals surface area (Å²) in [6.45, 7) is 3.88. The SMILES string of the molecule is COCCOC1CN(CC(=O)Nc2ccc(Sc3nc(Nc4cc(C)[nH]n4)c4cccn4n3)cc2)CC1O. The van der Waals surface area contributed by atoms with Gasteiger partial charge in [-0.15, -0.1) is 5.10 Å². The quantitative estimate of drug-likeness (QED) is 0.210. The van der Waals surface area contributed by atoms with Crippen LogP contribution in [0.15, 0.2) is 58.7 Å². The highest BCUT2D eigenvalue weighted by Crippen LogP contribution is 2.29. The third kappa shape index (κ3) is 6.49. The Morgan fingerprint density at radius 2 is 2.08 bits per heavy atom. The lowest BCUT2D eigenvalue weighted by Crippen LogP contribution is -2.32. The van der Waals surface area contributed by atoms with Crippen LogP contribution in [-0.2, 0) is 14.3 Å². The van der Waals surface area contributed by atoms with Crippen molar-refractivity contribution in [3.8, 4) is 0 Å². The van der Waals surface area contributed by atoms with Crippen molar-refractivity contribution in [1.29, 1.82) is 0 Å². The molecule has 3 aromatic heterocycles. The van der Waals surface area contributed by atoms with Gasteiger partial charge in [0.05, 0.1) is 32.0 Å². The highest BCUT2D eigenvalue weighted by atomic mass is 32.2. The summed E-state index contributed by atoms with van der Waals surface area (Å²) < 4.78 is 12.4. The van der Waals surface area contributed by atoms with Gasteiger partial charge in [-0.25, -0.2) is 9.50 Å². The number of fused-ring (bicyclic) bond motifs is 1. The van der Waals surface area contributed by atoms with Gasteiger partial charge in [0.1, 0.15) is 5.52 Å². The predicted molar refractivity (Wildman–Crippen MR) is 143 cm³/mol. The van der Waals surface area contributed by atoms with Gasteiger partial charge in [0, 0.05) is 48.7 Å². The Hall–Kier alpha value is -3.49. The van der Waals surface area contributed by atoms with Crippen molar-refractivity contribution >= 4 is 40.5 Å². The largest absolute Gasteiger partial charge is 0.389 e. The first-order chi connectivity index (χ1) is 18.5. The van der Waals surface area contributed by atoms with Gasteiger partial charge >= 0.3 is 0 Å². The number of aliphatic hydroxyl groups is 1. The molecule has 4 aromatic rings. The molecule has 1 saturated heterocycles. The number of methoxy groups -OCH3 is 1. The summed E-state index contributed by atoms with van der Waals surface area (Å²) >= 11 is 1.42. The van der Waals surface area contributed by atoms with Gasteiger partial charge in [0.15, 0.2) is 11.6 Å². The number of ether oxygens (including phenoxy) is 2. The van der Waals surface area contributed by atoms with Crippen molar-refractivity contribution in [3.63, 3.8) is 0 Å². The van der Waals surface area contributed by atoms with E-state index < -0.39 is 6.10 Å². The van der Waals surface area contributed by atoms with Gasteiger partial charge in [0.2, 0.25) is 11.1 Å². The number of amides is 1. The molecule has 4 N–H and O–H groups in total. The minimum atomic E-state index is -0.622. The van der Waals surface area contributed by atoms with Crippen LogP contribution in [0.25, 0.3) is 5.52 Å². The van der Waals surface area contributed by atoms with E-state index in [1.165, 1.54) is 11.8 Å². The molecule has 2 unspecified atom stereocenters. The number of benzene rings is 1. The molecule has 1 aromatic carbocycles.